The average molecular weight is 370 g/mol. The largest absolute Gasteiger partial charge is 0.454 e. The van der Waals surface area contributed by atoms with Crippen LogP contribution in [0.3, 0.4) is 0 Å². The highest BCUT2D eigenvalue weighted by Gasteiger charge is 2.19. The van der Waals surface area contributed by atoms with Gasteiger partial charge in [0, 0.05) is 11.3 Å². The molecule has 3 rings (SSSR count). The van der Waals surface area contributed by atoms with Crippen molar-refractivity contribution in [1.29, 1.82) is 0 Å². The highest BCUT2D eigenvalue weighted by Crippen LogP contribution is 2.42. The van der Waals surface area contributed by atoms with Crippen LogP contribution in [0.15, 0.2) is 22.7 Å². The van der Waals surface area contributed by atoms with Gasteiger partial charge in [0.2, 0.25) is 6.79 Å². The number of ether oxygens (including phenoxy) is 2. The predicted octanol–water partition coefficient (Wildman–Crippen LogP) is 4.49. The van der Waals surface area contributed by atoms with Crippen LogP contribution in [-0.2, 0) is 6.42 Å². The van der Waals surface area contributed by atoms with Gasteiger partial charge in [-0.1, -0.05) is 25.4 Å². The fourth-order valence-corrected chi connectivity index (χ4v) is 2.98. The van der Waals surface area contributed by atoms with Crippen molar-refractivity contribution in [2.75, 3.05) is 6.79 Å². The highest BCUT2D eigenvalue weighted by molar-refractivity contribution is 9.10. The van der Waals surface area contributed by atoms with E-state index in [1.165, 1.54) is 0 Å². The van der Waals surface area contributed by atoms with Gasteiger partial charge in [-0.05, 0) is 46.5 Å². The second-order valence-electron chi connectivity index (χ2n) is 5.30. The summed E-state index contributed by atoms with van der Waals surface area (Å²) in [5.41, 5.74) is 1.78. The fourth-order valence-electron chi connectivity index (χ4n) is 2.21. The monoisotopic (exact) mass is 368 g/mol. The first-order valence-corrected chi connectivity index (χ1v) is 7.83. The Bertz CT molecular complexity index is 692. The molecule has 0 unspecified atom stereocenters. The number of hydrogen-bond donors (Lipinski definition) is 0. The summed E-state index contributed by atoms with van der Waals surface area (Å²) in [7, 11) is 0. The number of rotatable bonds is 3. The van der Waals surface area contributed by atoms with Gasteiger partial charge in [0.25, 0.3) is 0 Å². The third kappa shape index (κ3) is 3.14. The van der Waals surface area contributed by atoms with Gasteiger partial charge in [-0.15, -0.1) is 0 Å². The van der Waals surface area contributed by atoms with Crippen molar-refractivity contribution in [3.8, 4) is 22.9 Å². The van der Waals surface area contributed by atoms with E-state index in [0.29, 0.717) is 28.4 Å². The number of hydrogen-bond acceptors (Lipinski definition) is 4. The maximum atomic E-state index is 6.12. The molecule has 0 aliphatic carbocycles. The molecule has 2 heterocycles. The molecule has 1 aromatic heterocycles. The summed E-state index contributed by atoms with van der Waals surface area (Å²) in [5.74, 6) is 2.50. The number of aromatic nitrogens is 2. The van der Waals surface area contributed by atoms with Crippen LogP contribution in [0.25, 0.3) is 11.4 Å². The van der Waals surface area contributed by atoms with Gasteiger partial charge in [0.1, 0.15) is 5.15 Å². The smallest absolute Gasteiger partial charge is 0.231 e. The van der Waals surface area contributed by atoms with Gasteiger partial charge in [0.15, 0.2) is 17.3 Å². The summed E-state index contributed by atoms with van der Waals surface area (Å²) < 4.78 is 11.6. The van der Waals surface area contributed by atoms with E-state index in [-0.39, 0.29) is 6.79 Å². The summed E-state index contributed by atoms with van der Waals surface area (Å²) >= 11 is 9.60. The Kier molecular flexibility index (Phi) is 4.04. The molecule has 0 spiro atoms. The number of fused-ring (bicyclic) bond motifs is 1. The molecule has 21 heavy (non-hydrogen) atoms. The molecule has 0 N–H and O–H groups in total. The maximum absolute atomic E-state index is 6.12. The Morgan fingerprint density at radius 1 is 1.24 bits per heavy atom. The zero-order valence-electron chi connectivity index (χ0n) is 11.7. The molecule has 0 saturated carbocycles. The molecule has 0 saturated heterocycles. The molecule has 1 aliphatic rings. The Labute approximate surface area is 136 Å². The van der Waals surface area contributed by atoms with Gasteiger partial charge < -0.3 is 9.47 Å². The SMILES string of the molecule is CC(C)Cc1cc(Cl)nc(-c2cc(Br)c3c(c2)OCO3)n1. The van der Waals surface area contributed by atoms with Crippen LogP contribution in [0.4, 0.5) is 0 Å². The molecule has 0 atom stereocenters. The summed E-state index contributed by atoms with van der Waals surface area (Å²) in [6, 6.07) is 5.60. The minimum absolute atomic E-state index is 0.229. The zero-order chi connectivity index (χ0) is 15.0. The molecule has 1 aliphatic heterocycles. The van der Waals surface area contributed by atoms with Crippen molar-refractivity contribution >= 4 is 27.5 Å². The molecule has 2 aromatic rings. The molecular formula is C15H14BrClN2O2. The lowest BCUT2D eigenvalue weighted by Crippen LogP contribution is -2.00. The van der Waals surface area contributed by atoms with E-state index in [4.69, 9.17) is 21.1 Å². The van der Waals surface area contributed by atoms with Crippen molar-refractivity contribution < 1.29 is 9.47 Å². The molecule has 110 valence electrons. The molecule has 4 nitrogen and oxygen atoms in total. The second-order valence-corrected chi connectivity index (χ2v) is 6.54. The normalized spacial score (nSPS) is 13.0. The van der Waals surface area contributed by atoms with E-state index < -0.39 is 0 Å². The molecular weight excluding hydrogens is 356 g/mol. The van der Waals surface area contributed by atoms with Crippen LogP contribution in [0.1, 0.15) is 19.5 Å². The molecule has 0 radical (unpaired) electrons. The lowest BCUT2D eigenvalue weighted by Gasteiger charge is -2.08. The van der Waals surface area contributed by atoms with E-state index in [9.17, 15) is 0 Å². The number of benzene rings is 1. The van der Waals surface area contributed by atoms with Crippen molar-refractivity contribution in [3.05, 3.63) is 33.5 Å². The first-order valence-electron chi connectivity index (χ1n) is 6.66. The fraction of sp³-hybridized carbons (Fsp3) is 0.333. The predicted molar refractivity (Wildman–Crippen MR) is 84.8 cm³/mol. The topological polar surface area (TPSA) is 44.2 Å². The van der Waals surface area contributed by atoms with Crippen molar-refractivity contribution in [2.24, 2.45) is 5.92 Å². The highest BCUT2D eigenvalue weighted by atomic mass is 79.9. The summed E-state index contributed by atoms with van der Waals surface area (Å²) in [6.45, 7) is 4.52. The third-order valence-corrected chi connectivity index (χ3v) is 3.83. The van der Waals surface area contributed by atoms with Gasteiger partial charge in [0.05, 0.1) is 4.47 Å². The van der Waals surface area contributed by atoms with Gasteiger partial charge in [-0.25, -0.2) is 9.97 Å². The minimum Gasteiger partial charge on any atom is -0.454 e. The Hall–Kier alpha value is -1.33. The lowest BCUT2D eigenvalue weighted by molar-refractivity contribution is 0.173. The molecule has 0 fully saturated rings. The van der Waals surface area contributed by atoms with Crippen LogP contribution < -0.4 is 9.47 Å². The Morgan fingerprint density at radius 2 is 2.05 bits per heavy atom. The van der Waals surface area contributed by atoms with Crippen molar-refractivity contribution in [2.45, 2.75) is 20.3 Å². The van der Waals surface area contributed by atoms with E-state index >= 15 is 0 Å². The molecule has 1 aromatic carbocycles. The molecule has 6 heteroatoms. The third-order valence-electron chi connectivity index (χ3n) is 3.05. The van der Waals surface area contributed by atoms with Gasteiger partial charge in [-0.2, -0.15) is 0 Å². The average Bonchev–Trinajstić information content (AvgIpc) is 2.86. The summed E-state index contributed by atoms with van der Waals surface area (Å²) in [6.07, 6.45) is 0.862. The van der Waals surface area contributed by atoms with Crippen LogP contribution >= 0.6 is 27.5 Å². The maximum Gasteiger partial charge on any atom is 0.231 e. The van der Waals surface area contributed by atoms with Crippen LogP contribution in [-0.4, -0.2) is 16.8 Å². The van der Waals surface area contributed by atoms with Gasteiger partial charge in [-0.3, -0.25) is 0 Å². The first-order chi connectivity index (χ1) is 10.0. The van der Waals surface area contributed by atoms with Crippen LogP contribution in [0.2, 0.25) is 5.15 Å². The van der Waals surface area contributed by atoms with E-state index in [1.807, 2.05) is 18.2 Å². The Morgan fingerprint density at radius 3 is 2.81 bits per heavy atom. The standard InChI is InChI=1S/C15H14BrClN2O2/c1-8(2)3-10-6-13(17)19-15(18-10)9-4-11(16)14-12(5-9)20-7-21-14/h4-6,8H,3,7H2,1-2H3. The van der Waals surface area contributed by atoms with Crippen molar-refractivity contribution in [3.63, 3.8) is 0 Å². The minimum atomic E-state index is 0.229. The number of halogens is 2. The molecule has 0 bridgehead atoms. The summed E-state index contributed by atoms with van der Waals surface area (Å²) in [5, 5.41) is 0.449. The van der Waals surface area contributed by atoms with Gasteiger partial charge >= 0.3 is 0 Å². The van der Waals surface area contributed by atoms with E-state index in [1.54, 1.807) is 0 Å². The van der Waals surface area contributed by atoms with E-state index in [2.05, 4.69) is 39.7 Å². The van der Waals surface area contributed by atoms with E-state index in [0.717, 1.165) is 22.2 Å². The zero-order valence-corrected chi connectivity index (χ0v) is 14.0. The van der Waals surface area contributed by atoms with Crippen LogP contribution in [0, 0.1) is 5.92 Å². The second kappa shape index (κ2) is 5.81. The van der Waals surface area contributed by atoms with Crippen LogP contribution in [0.5, 0.6) is 11.5 Å². The van der Waals surface area contributed by atoms with Crippen molar-refractivity contribution in [1.82, 2.24) is 9.97 Å². The lowest BCUT2D eigenvalue weighted by atomic mass is 10.1. The number of nitrogens with zero attached hydrogens (tertiary/aromatic N) is 2. The molecule has 0 amide bonds. The Balaban J connectivity index is 2.04. The summed E-state index contributed by atoms with van der Waals surface area (Å²) in [4.78, 5) is 8.91. The first kappa shape index (κ1) is 14.6. The quantitative estimate of drug-likeness (QED) is 0.748.